The molecule has 49 heavy (non-hydrogen) atoms. The standard InChI is InChI=1S/C45H29N3S/c1-4-13-30(14-5-1)31-23-25-32(26-24-31)35-27-36(38-20-12-21-40-39-19-10-11-22-41(39)49-42(38)40)29-37(28-35)45-47-43(33-15-6-2-7-16-33)46-44(48-45)34-17-8-3-9-18-34/h1-29H. The van der Waals surface area contributed by atoms with Gasteiger partial charge in [-0.2, -0.15) is 0 Å². The molecule has 0 saturated heterocycles. The molecule has 0 saturated carbocycles. The first-order chi connectivity index (χ1) is 24.3. The second kappa shape index (κ2) is 12.4. The van der Waals surface area contributed by atoms with E-state index in [4.69, 9.17) is 15.0 Å². The van der Waals surface area contributed by atoms with E-state index in [9.17, 15) is 0 Å². The van der Waals surface area contributed by atoms with E-state index in [0.717, 1.165) is 33.4 Å². The van der Waals surface area contributed by atoms with Crippen LogP contribution in [-0.2, 0) is 0 Å². The van der Waals surface area contributed by atoms with Gasteiger partial charge in [0.15, 0.2) is 17.5 Å². The lowest BCUT2D eigenvalue weighted by Gasteiger charge is -2.13. The van der Waals surface area contributed by atoms with Crippen LogP contribution in [0.15, 0.2) is 176 Å². The summed E-state index contributed by atoms with van der Waals surface area (Å²) in [6.45, 7) is 0. The molecule has 0 radical (unpaired) electrons. The van der Waals surface area contributed by atoms with E-state index >= 15 is 0 Å². The Labute approximate surface area is 288 Å². The van der Waals surface area contributed by atoms with Crippen LogP contribution < -0.4 is 0 Å². The fourth-order valence-electron chi connectivity index (χ4n) is 6.48. The van der Waals surface area contributed by atoms with Crippen LogP contribution in [0.3, 0.4) is 0 Å². The summed E-state index contributed by atoms with van der Waals surface area (Å²) in [5.74, 6) is 1.94. The molecule has 9 aromatic rings. The first kappa shape index (κ1) is 29.0. The van der Waals surface area contributed by atoms with Gasteiger partial charge in [0.25, 0.3) is 0 Å². The van der Waals surface area contributed by atoms with Crippen molar-refractivity contribution in [1.82, 2.24) is 15.0 Å². The molecule has 0 spiro atoms. The summed E-state index contributed by atoms with van der Waals surface area (Å²) in [4.78, 5) is 15.1. The molecule has 0 aliphatic carbocycles. The topological polar surface area (TPSA) is 38.7 Å². The van der Waals surface area contributed by atoms with Crippen LogP contribution >= 0.6 is 11.3 Å². The van der Waals surface area contributed by atoms with Crippen molar-refractivity contribution in [1.29, 1.82) is 0 Å². The van der Waals surface area contributed by atoms with Crippen molar-refractivity contribution in [3.8, 4) is 67.5 Å². The third-order valence-electron chi connectivity index (χ3n) is 8.93. The third kappa shape index (κ3) is 5.58. The van der Waals surface area contributed by atoms with Gasteiger partial charge in [-0.1, -0.05) is 152 Å². The second-order valence-corrected chi connectivity index (χ2v) is 13.1. The molecule has 230 valence electrons. The Hall–Kier alpha value is -6.23. The Kier molecular flexibility index (Phi) is 7.34. The summed E-state index contributed by atoms with van der Waals surface area (Å²) in [5.41, 5.74) is 9.79. The molecule has 3 nitrogen and oxygen atoms in total. The molecular formula is C45H29N3S. The van der Waals surface area contributed by atoms with Crippen LogP contribution in [-0.4, -0.2) is 15.0 Å². The van der Waals surface area contributed by atoms with Crippen LogP contribution in [0.1, 0.15) is 0 Å². The number of aromatic nitrogens is 3. The molecule has 4 heteroatoms. The monoisotopic (exact) mass is 643 g/mol. The van der Waals surface area contributed by atoms with Crippen molar-refractivity contribution < 1.29 is 0 Å². The predicted molar refractivity (Wildman–Crippen MR) is 205 cm³/mol. The SMILES string of the molecule is c1ccc(-c2ccc(-c3cc(-c4nc(-c5ccccc5)nc(-c5ccccc5)n4)cc(-c4cccc5c4sc4ccccc45)c3)cc2)cc1. The molecule has 9 rings (SSSR count). The van der Waals surface area contributed by atoms with Gasteiger partial charge in [0.2, 0.25) is 0 Å². The maximum atomic E-state index is 5.10. The maximum Gasteiger partial charge on any atom is 0.164 e. The van der Waals surface area contributed by atoms with Gasteiger partial charge >= 0.3 is 0 Å². The number of nitrogens with zero attached hydrogens (tertiary/aromatic N) is 3. The lowest BCUT2D eigenvalue weighted by atomic mass is 9.94. The molecule has 2 heterocycles. The molecule has 0 aliphatic rings. The predicted octanol–water partition coefficient (Wildman–Crippen LogP) is 12.2. The van der Waals surface area contributed by atoms with E-state index in [0.29, 0.717) is 17.5 Å². The van der Waals surface area contributed by atoms with Crippen LogP contribution in [0.4, 0.5) is 0 Å². The first-order valence-corrected chi connectivity index (χ1v) is 17.2. The average molecular weight is 644 g/mol. The smallest absolute Gasteiger partial charge is 0.164 e. The van der Waals surface area contributed by atoms with Gasteiger partial charge in [-0.05, 0) is 57.6 Å². The summed E-state index contributed by atoms with van der Waals surface area (Å²) < 4.78 is 2.56. The zero-order valence-corrected chi connectivity index (χ0v) is 27.3. The Morgan fingerprint density at radius 2 is 0.755 bits per heavy atom. The van der Waals surface area contributed by atoms with Crippen molar-refractivity contribution >= 4 is 31.5 Å². The number of fused-ring (bicyclic) bond motifs is 3. The van der Waals surface area contributed by atoms with Gasteiger partial charge in [0.05, 0.1) is 0 Å². The summed E-state index contributed by atoms with van der Waals surface area (Å²) in [5, 5.41) is 2.56. The van der Waals surface area contributed by atoms with Crippen LogP contribution in [0, 0.1) is 0 Å². The second-order valence-electron chi connectivity index (χ2n) is 12.1. The van der Waals surface area contributed by atoms with Crippen molar-refractivity contribution in [3.63, 3.8) is 0 Å². The molecule has 0 unspecified atom stereocenters. The number of hydrogen-bond donors (Lipinski definition) is 0. The number of hydrogen-bond acceptors (Lipinski definition) is 4. The first-order valence-electron chi connectivity index (χ1n) is 16.4. The fraction of sp³-hybridized carbons (Fsp3) is 0. The zero-order valence-electron chi connectivity index (χ0n) is 26.5. The molecule has 0 amide bonds. The van der Waals surface area contributed by atoms with E-state index in [2.05, 4.69) is 115 Å². The van der Waals surface area contributed by atoms with Crippen molar-refractivity contribution in [3.05, 3.63) is 176 Å². The highest BCUT2D eigenvalue weighted by Gasteiger charge is 2.17. The van der Waals surface area contributed by atoms with Gasteiger partial charge in [-0.3, -0.25) is 0 Å². The molecule has 0 aliphatic heterocycles. The minimum absolute atomic E-state index is 0.639. The van der Waals surface area contributed by atoms with Crippen molar-refractivity contribution in [2.45, 2.75) is 0 Å². The van der Waals surface area contributed by atoms with E-state index in [1.54, 1.807) is 0 Å². The molecule has 0 atom stereocenters. The lowest BCUT2D eigenvalue weighted by Crippen LogP contribution is -2.00. The average Bonchev–Trinajstić information content (AvgIpc) is 3.58. The highest BCUT2D eigenvalue weighted by atomic mass is 32.1. The molecule has 0 bridgehead atoms. The third-order valence-corrected chi connectivity index (χ3v) is 10.2. The summed E-state index contributed by atoms with van der Waals surface area (Å²) in [6, 6.07) is 61.7. The Bertz CT molecular complexity index is 2520. The van der Waals surface area contributed by atoms with Gasteiger partial charge in [-0.15, -0.1) is 11.3 Å². The highest BCUT2D eigenvalue weighted by molar-refractivity contribution is 7.26. The number of rotatable bonds is 6. The van der Waals surface area contributed by atoms with Gasteiger partial charge in [0.1, 0.15) is 0 Å². The molecular weight excluding hydrogens is 615 g/mol. The minimum atomic E-state index is 0.639. The van der Waals surface area contributed by atoms with Crippen molar-refractivity contribution in [2.75, 3.05) is 0 Å². The van der Waals surface area contributed by atoms with Gasteiger partial charge in [0, 0.05) is 36.9 Å². The van der Waals surface area contributed by atoms with Crippen LogP contribution in [0.5, 0.6) is 0 Å². The van der Waals surface area contributed by atoms with E-state index in [1.165, 1.54) is 36.9 Å². The van der Waals surface area contributed by atoms with E-state index in [-0.39, 0.29) is 0 Å². The largest absolute Gasteiger partial charge is 0.208 e. The quantitative estimate of drug-likeness (QED) is 0.181. The molecule has 7 aromatic carbocycles. The summed E-state index contributed by atoms with van der Waals surface area (Å²) in [7, 11) is 0. The molecule has 0 N–H and O–H groups in total. The number of benzene rings is 7. The Balaban J connectivity index is 1.26. The van der Waals surface area contributed by atoms with Crippen LogP contribution in [0.2, 0.25) is 0 Å². The molecule has 2 aromatic heterocycles. The Morgan fingerprint density at radius 1 is 0.306 bits per heavy atom. The fourth-order valence-corrected chi connectivity index (χ4v) is 7.72. The normalized spacial score (nSPS) is 11.3. The Morgan fingerprint density at radius 3 is 1.39 bits per heavy atom. The van der Waals surface area contributed by atoms with E-state index < -0.39 is 0 Å². The summed E-state index contributed by atoms with van der Waals surface area (Å²) in [6.07, 6.45) is 0. The zero-order chi connectivity index (χ0) is 32.6. The maximum absolute atomic E-state index is 5.10. The lowest BCUT2D eigenvalue weighted by molar-refractivity contribution is 1.07. The summed E-state index contributed by atoms with van der Waals surface area (Å²) >= 11 is 1.84. The van der Waals surface area contributed by atoms with Gasteiger partial charge in [-0.25, -0.2) is 15.0 Å². The minimum Gasteiger partial charge on any atom is -0.208 e. The van der Waals surface area contributed by atoms with Crippen LogP contribution in [0.25, 0.3) is 87.7 Å². The number of thiophene rings is 1. The highest BCUT2D eigenvalue weighted by Crippen LogP contribution is 2.42. The molecule has 0 fully saturated rings. The van der Waals surface area contributed by atoms with Gasteiger partial charge < -0.3 is 0 Å². The van der Waals surface area contributed by atoms with Crippen molar-refractivity contribution in [2.24, 2.45) is 0 Å². The van der Waals surface area contributed by atoms with E-state index in [1.807, 2.05) is 72.0 Å².